The van der Waals surface area contributed by atoms with Gasteiger partial charge >= 0.3 is 7.12 Å². The minimum Gasteiger partial charge on any atom is -0.403 e. The minimum atomic E-state index is -0.192. The maximum absolute atomic E-state index is 6.03. The molecule has 1 fully saturated rings. The van der Waals surface area contributed by atoms with Crippen LogP contribution in [0.5, 0.6) is 0 Å². The lowest BCUT2D eigenvalue weighted by Crippen LogP contribution is -2.41. The molecule has 0 N–H and O–H groups in total. The van der Waals surface area contributed by atoms with Crippen LogP contribution in [0.3, 0.4) is 0 Å². The van der Waals surface area contributed by atoms with E-state index >= 15 is 0 Å². The quantitative estimate of drug-likeness (QED) is 0.486. The molecular weight excluding hydrogens is 187 g/mol. The predicted octanol–water partition coefficient (Wildman–Crippen LogP) is 3.19. The Labute approximate surface area is 93.2 Å². The van der Waals surface area contributed by atoms with Gasteiger partial charge in [0.1, 0.15) is 0 Å². The maximum Gasteiger partial charge on any atom is 0.465 e. The molecule has 0 amide bonds. The van der Waals surface area contributed by atoms with Crippen LogP contribution in [0.15, 0.2) is 12.2 Å². The van der Waals surface area contributed by atoms with Crippen molar-refractivity contribution >= 4 is 7.12 Å². The third-order valence-electron chi connectivity index (χ3n) is 3.91. The molecule has 0 radical (unpaired) electrons. The Morgan fingerprint density at radius 1 is 1.13 bits per heavy atom. The van der Waals surface area contributed by atoms with Crippen LogP contribution in [0.4, 0.5) is 0 Å². The van der Waals surface area contributed by atoms with Crippen molar-refractivity contribution in [2.75, 3.05) is 0 Å². The van der Waals surface area contributed by atoms with Crippen molar-refractivity contribution < 1.29 is 9.31 Å². The summed E-state index contributed by atoms with van der Waals surface area (Å²) in [4.78, 5) is 0. The Kier molecular flexibility index (Phi) is 2.72. The third kappa shape index (κ3) is 2.00. The normalized spacial score (nSPS) is 33.3. The van der Waals surface area contributed by atoms with Gasteiger partial charge in [0.25, 0.3) is 0 Å². The fraction of sp³-hybridized carbons (Fsp3) is 0.833. The van der Waals surface area contributed by atoms with Crippen molar-refractivity contribution in [3.05, 3.63) is 12.2 Å². The zero-order valence-corrected chi connectivity index (χ0v) is 10.2. The third-order valence-corrected chi connectivity index (χ3v) is 3.91. The molecule has 1 aliphatic carbocycles. The molecule has 0 aromatic rings. The molecule has 0 bridgehead atoms. The lowest BCUT2D eigenvalue weighted by Gasteiger charge is -2.32. The van der Waals surface area contributed by atoms with Crippen molar-refractivity contribution in [1.29, 1.82) is 0 Å². The van der Waals surface area contributed by atoms with E-state index in [1.54, 1.807) is 0 Å². The molecule has 2 rings (SSSR count). The molecule has 3 heteroatoms. The molecule has 2 aliphatic rings. The fourth-order valence-corrected chi connectivity index (χ4v) is 2.13. The minimum absolute atomic E-state index is 0.0495. The topological polar surface area (TPSA) is 18.5 Å². The first-order chi connectivity index (χ1) is 6.92. The highest BCUT2D eigenvalue weighted by Crippen LogP contribution is 2.42. The summed E-state index contributed by atoms with van der Waals surface area (Å²) in [7, 11) is -0.0495. The molecule has 0 aromatic carbocycles. The summed E-state index contributed by atoms with van der Waals surface area (Å²) in [5, 5.41) is 0. The van der Waals surface area contributed by atoms with Gasteiger partial charge in [0, 0.05) is 5.82 Å². The first-order valence-corrected chi connectivity index (χ1v) is 5.95. The Morgan fingerprint density at radius 3 is 2.20 bits per heavy atom. The Morgan fingerprint density at radius 2 is 1.73 bits per heavy atom. The van der Waals surface area contributed by atoms with E-state index in [9.17, 15) is 0 Å². The van der Waals surface area contributed by atoms with Gasteiger partial charge in [0.2, 0.25) is 0 Å². The first kappa shape index (κ1) is 11.2. The van der Waals surface area contributed by atoms with Crippen LogP contribution in [-0.4, -0.2) is 18.3 Å². The summed E-state index contributed by atoms with van der Waals surface area (Å²) in [6.45, 7) is 8.44. The van der Waals surface area contributed by atoms with Gasteiger partial charge in [-0.3, -0.25) is 0 Å². The van der Waals surface area contributed by atoms with Gasteiger partial charge in [0.15, 0.2) is 0 Å². The predicted molar refractivity (Wildman–Crippen MR) is 62.8 cm³/mol. The van der Waals surface area contributed by atoms with Gasteiger partial charge in [-0.15, -0.1) is 0 Å². The second-order valence-corrected chi connectivity index (χ2v) is 5.65. The van der Waals surface area contributed by atoms with E-state index in [4.69, 9.17) is 9.31 Å². The van der Waals surface area contributed by atoms with E-state index in [0.717, 1.165) is 0 Å². The van der Waals surface area contributed by atoms with Crippen LogP contribution in [-0.2, 0) is 9.31 Å². The number of hydrogen-bond acceptors (Lipinski definition) is 2. The zero-order chi connectivity index (χ0) is 11.1. The van der Waals surface area contributed by atoms with Gasteiger partial charge in [-0.05, 0) is 47.0 Å². The Balaban J connectivity index is 2.08. The Bertz CT molecular complexity index is 255. The molecule has 1 atom stereocenters. The number of allylic oxidation sites excluding steroid dienone is 2. The highest BCUT2D eigenvalue weighted by Gasteiger charge is 2.53. The highest BCUT2D eigenvalue weighted by molar-refractivity contribution is 6.48. The van der Waals surface area contributed by atoms with E-state index in [1.807, 2.05) is 0 Å². The summed E-state index contributed by atoms with van der Waals surface area (Å²) >= 11 is 0. The SMILES string of the molecule is CC1(C)OB(C2C=CCCC2)OC1(C)C. The molecule has 84 valence electrons. The smallest absolute Gasteiger partial charge is 0.403 e. The van der Waals surface area contributed by atoms with Gasteiger partial charge < -0.3 is 9.31 Å². The second-order valence-electron chi connectivity index (χ2n) is 5.65. The van der Waals surface area contributed by atoms with E-state index in [-0.39, 0.29) is 18.3 Å². The van der Waals surface area contributed by atoms with Crippen LogP contribution < -0.4 is 0 Å². The van der Waals surface area contributed by atoms with Gasteiger partial charge in [-0.2, -0.15) is 0 Å². The van der Waals surface area contributed by atoms with Crippen molar-refractivity contribution in [2.24, 2.45) is 0 Å². The molecule has 15 heavy (non-hydrogen) atoms. The number of rotatable bonds is 1. The fourth-order valence-electron chi connectivity index (χ4n) is 2.13. The van der Waals surface area contributed by atoms with Gasteiger partial charge in [-0.1, -0.05) is 12.2 Å². The van der Waals surface area contributed by atoms with E-state index in [0.29, 0.717) is 5.82 Å². The van der Waals surface area contributed by atoms with Crippen LogP contribution in [0.25, 0.3) is 0 Å². The van der Waals surface area contributed by atoms with Crippen LogP contribution >= 0.6 is 0 Å². The molecule has 1 aliphatic heterocycles. The van der Waals surface area contributed by atoms with Crippen LogP contribution in [0.2, 0.25) is 5.82 Å². The lowest BCUT2D eigenvalue weighted by atomic mass is 9.67. The maximum atomic E-state index is 6.03. The molecular formula is C12H21BO2. The van der Waals surface area contributed by atoms with E-state index in [1.165, 1.54) is 19.3 Å². The summed E-state index contributed by atoms with van der Waals surface area (Å²) in [6.07, 6.45) is 8.15. The standard InChI is InChI=1S/C12H21BO2/c1-11(2)12(3,4)15-13(14-11)10-8-6-5-7-9-10/h6,8,10H,5,7,9H2,1-4H3. The summed E-state index contributed by atoms with van der Waals surface area (Å²) in [6, 6.07) is 0. The Hall–Kier alpha value is -0.275. The molecule has 1 unspecified atom stereocenters. The average molecular weight is 208 g/mol. The summed E-state index contributed by atoms with van der Waals surface area (Å²) < 4.78 is 12.1. The molecule has 1 saturated heterocycles. The van der Waals surface area contributed by atoms with Crippen molar-refractivity contribution in [3.63, 3.8) is 0 Å². The summed E-state index contributed by atoms with van der Waals surface area (Å²) in [5.41, 5.74) is -0.383. The molecule has 0 spiro atoms. The van der Waals surface area contributed by atoms with Gasteiger partial charge in [0.05, 0.1) is 11.2 Å². The highest BCUT2D eigenvalue weighted by atomic mass is 16.7. The van der Waals surface area contributed by atoms with E-state index < -0.39 is 0 Å². The largest absolute Gasteiger partial charge is 0.465 e. The molecule has 0 saturated carbocycles. The molecule has 1 heterocycles. The summed E-state index contributed by atoms with van der Waals surface area (Å²) in [5.74, 6) is 0.444. The van der Waals surface area contributed by atoms with Gasteiger partial charge in [-0.25, -0.2) is 0 Å². The molecule has 2 nitrogen and oxygen atoms in total. The number of hydrogen-bond donors (Lipinski definition) is 0. The first-order valence-electron chi connectivity index (χ1n) is 5.95. The van der Waals surface area contributed by atoms with Crippen molar-refractivity contribution in [3.8, 4) is 0 Å². The average Bonchev–Trinajstić information content (AvgIpc) is 2.38. The van der Waals surface area contributed by atoms with Crippen LogP contribution in [0, 0.1) is 0 Å². The van der Waals surface area contributed by atoms with Crippen molar-refractivity contribution in [1.82, 2.24) is 0 Å². The van der Waals surface area contributed by atoms with Crippen molar-refractivity contribution in [2.45, 2.75) is 64.0 Å². The van der Waals surface area contributed by atoms with Crippen LogP contribution in [0.1, 0.15) is 47.0 Å². The monoisotopic (exact) mass is 208 g/mol. The zero-order valence-electron chi connectivity index (χ0n) is 10.2. The molecule has 0 aromatic heterocycles. The van der Waals surface area contributed by atoms with E-state index in [2.05, 4.69) is 39.8 Å². The second kappa shape index (κ2) is 3.64. The lowest BCUT2D eigenvalue weighted by molar-refractivity contribution is 0.00578.